The molecule has 0 bridgehead atoms. The summed E-state index contributed by atoms with van der Waals surface area (Å²) in [6, 6.07) is 2.33. The number of nitrogens with two attached hydrogens (primary N) is 1. The number of alkyl halides is 3. The van der Waals surface area contributed by atoms with Crippen LogP contribution >= 0.6 is 0 Å². The normalized spacial score (nSPS) is 17.9. The molecule has 4 N–H and O–H groups in total. The number of aliphatic imine (C=N–C) groups is 1. The third-order valence-corrected chi connectivity index (χ3v) is 4.64. The Morgan fingerprint density at radius 1 is 1.41 bits per heavy atom. The largest absolute Gasteiger partial charge is 0.417 e. The second-order valence-corrected chi connectivity index (χ2v) is 7.07. The van der Waals surface area contributed by atoms with E-state index in [9.17, 15) is 18.0 Å². The molecule has 1 aromatic heterocycles. The fraction of sp³-hybridized carbons (Fsp3) is 0.632. The number of anilines is 1. The lowest BCUT2D eigenvalue weighted by Gasteiger charge is -2.34. The highest BCUT2D eigenvalue weighted by atomic mass is 19.4. The van der Waals surface area contributed by atoms with E-state index < -0.39 is 11.7 Å². The Balaban J connectivity index is 1.80. The van der Waals surface area contributed by atoms with Gasteiger partial charge in [0.1, 0.15) is 5.82 Å². The van der Waals surface area contributed by atoms with Gasteiger partial charge in [0.05, 0.1) is 5.56 Å². The maximum Gasteiger partial charge on any atom is 0.417 e. The first-order valence-electron chi connectivity index (χ1n) is 9.88. The number of nitrogens with zero attached hydrogens (tertiary/aromatic N) is 3. The van der Waals surface area contributed by atoms with Gasteiger partial charge in [-0.3, -0.25) is 9.79 Å². The van der Waals surface area contributed by atoms with Crippen molar-refractivity contribution in [2.75, 3.05) is 38.0 Å². The smallest absolute Gasteiger partial charge is 0.370 e. The van der Waals surface area contributed by atoms with E-state index in [2.05, 4.69) is 25.5 Å². The predicted molar refractivity (Wildman–Crippen MR) is 106 cm³/mol. The van der Waals surface area contributed by atoms with Crippen molar-refractivity contribution >= 4 is 17.7 Å². The number of carbonyl (C=O) groups is 1. The summed E-state index contributed by atoms with van der Waals surface area (Å²) >= 11 is 0. The van der Waals surface area contributed by atoms with E-state index in [1.54, 1.807) is 0 Å². The third-order valence-electron chi connectivity index (χ3n) is 4.64. The van der Waals surface area contributed by atoms with E-state index in [-0.39, 0.29) is 11.8 Å². The highest BCUT2D eigenvalue weighted by Gasteiger charge is 2.30. The lowest BCUT2D eigenvalue weighted by Crippen LogP contribution is -2.47. The Bertz CT molecular complexity index is 678. The number of amides is 1. The first-order valence-corrected chi connectivity index (χ1v) is 9.88. The molecule has 1 aliphatic rings. The number of carbonyl (C=O) groups excluding carboxylic acids is 1. The van der Waals surface area contributed by atoms with Crippen LogP contribution in [0.4, 0.5) is 19.0 Å². The van der Waals surface area contributed by atoms with Crippen LogP contribution < -0.4 is 16.4 Å². The van der Waals surface area contributed by atoms with Crippen LogP contribution in [0.15, 0.2) is 23.3 Å². The van der Waals surface area contributed by atoms with Gasteiger partial charge in [-0.1, -0.05) is 0 Å². The van der Waals surface area contributed by atoms with E-state index in [0.29, 0.717) is 31.7 Å². The van der Waals surface area contributed by atoms with Crippen LogP contribution in [-0.2, 0) is 11.0 Å². The van der Waals surface area contributed by atoms with Crippen LogP contribution in [0.25, 0.3) is 0 Å². The topological polar surface area (TPSA) is 95.6 Å². The lowest BCUT2D eigenvalue weighted by molar-refractivity contribution is -0.137. The van der Waals surface area contributed by atoms with Crippen molar-refractivity contribution in [3.05, 3.63) is 23.9 Å². The minimum atomic E-state index is -4.38. The lowest BCUT2D eigenvalue weighted by atomic mass is 9.95. The van der Waals surface area contributed by atoms with Crippen molar-refractivity contribution in [1.82, 2.24) is 15.2 Å². The monoisotopic (exact) mass is 414 g/mol. The fourth-order valence-electron chi connectivity index (χ4n) is 3.28. The fourth-order valence-corrected chi connectivity index (χ4v) is 3.28. The molecule has 29 heavy (non-hydrogen) atoms. The van der Waals surface area contributed by atoms with Gasteiger partial charge in [0.15, 0.2) is 5.96 Å². The average molecular weight is 414 g/mol. The molecule has 0 aliphatic carbocycles. The Hall–Kier alpha value is -2.52. The van der Waals surface area contributed by atoms with Crippen LogP contribution in [0.2, 0.25) is 0 Å². The zero-order valence-corrected chi connectivity index (χ0v) is 16.6. The highest BCUT2D eigenvalue weighted by Crippen LogP contribution is 2.28. The maximum absolute atomic E-state index is 12.5. The zero-order valence-electron chi connectivity index (χ0n) is 16.6. The van der Waals surface area contributed by atoms with Crippen molar-refractivity contribution in [1.29, 1.82) is 0 Å². The second kappa shape index (κ2) is 10.9. The van der Waals surface area contributed by atoms with E-state index in [0.717, 1.165) is 50.7 Å². The minimum absolute atomic E-state index is 0.248. The summed E-state index contributed by atoms with van der Waals surface area (Å²) in [5.41, 5.74) is 4.56. The van der Waals surface area contributed by atoms with Gasteiger partial charge in [0.25, 0.3) is 0 Å². The highest BCUT2D eigenvalue weighted by molar-refractivity contribution is 5.80. The van der Waals surface area contributed by atoms with Crippen molar-refractivity contribution < 1.29 is 18.0 Å². The van der Waals surface area contributed by atoms with Gasteiger partial charge >= 0.3 is 6.18 Å². The molecule has 2 rings (SSSR count). The molecule has 0 spiro atoms. The molecule has 10 heteroatoms. The molecule has 1 unspecified atom stereocenters. The Morgan fingerprint density at radius 3 is 2.83 bits per heavy atom. The Kier molecular flexibility index (Phi) is 8.53. The number of pyridine rings is 1. The number of halogens is 3. The number of aromatic nitrogens is 1. The quantitative estimate of drug-likeness (QED) is 0.345. The number of primary amides is 1. The van der Waals surface area contributed by atoms with E-state index in [1.807, 2.05) is 6.92 Å². The van der Waals surface area contributed by atoms with Gasteiger partial charge in [-0.15, -0.1) is 0 Å². The van der Waals surface area contributed by atoms with Gasteiger partial charge in [-0.05, 0) is 44.2 Å². The number of rotatable bonds is 8. The molecule has 1 atom stereocenters. The van der Waals surface area contributed by atoms with Crippen LogP contribution in [0.3, 0.4) is 0 Å². The Labute approximate surface area is 169 Å². The molecule has 0 aromatic carbocycles. The molecule has 162 valence electrons. The number of hydrogen-bond donors (Lipinski definition) is 3. The number of likely N-dealkylation sites (tertiary alicyclic amines) is 1. The number of nitrogens with one attached hydrogen (secondary N) is 2. The van der Waals surface area contributed by atoms with Crippen LogP contribution in [-0.4, -0.2) is 54.5 Å². The van der Waals surface area contributed by atoms with Gasteiger partial charge in [-0.25, -0.2) is 4.98 Å². The second-order valence-electron chi connectivity index (χ2n) is 7.07. The minimum Gasteiger partial charge on any atom is -0.370 e. The summed E-state index contributed by atoms with van der Waals surface area (Å²) in [4.78, 5) is 21.8. The first kappa shape index (κ1) is 22.8. The van der Waals surface area contributed by atoms with Gasteiger partial charge in [0.2, 0.25) is 5.91 Å². The SMILES string of the molecule is CCNC(=NCCCNc1ccc(C(F)(F)F)cn1)N1CCCC(CC(N)=O)C1. The Morgan fingerprint density at radius 2 is 2.21 bits per heavy atom. The standard InChI is InChI=1S/C19H29F3N6O/c1-2-24-18(28-10-3-5-14(13-28)11-16(23)29)26-9-4-8-25-17-7-6-15(12-27-17)19(20,21)22/h6-7,12,14H,2-5,8-11,13H2,1H3,(H2,23,29)(H,24,26)(H,25,27). The average Bonchev–Trinajstić information content (AvgIpc) is 2.66. The van der Waals surface area contributed by atoms with Crippen molar-refractivity contribution in [2.24, 2.45) is 16.6 Å². The summed E-state index contributed by atoms with van der Waals surface area (Å²) in [5.74, 6) is 1.19. The molecular formula is C19H29F3N6O. The molecule has 1 fully saturated rings. The van der Waals surface area contributed by atoms with Gasteiger partial charge in [-0.2, -0.15) is 13.2 Å². The summed E-state index contributed by atoms with van der Waals surface area (Å²) < 4.78 is 37.6. The zero-order chi connectivity index (χ0) is 21.3. The molecule has 0 radical (unpaired) electrons. The van der Waals surface area contributed by atoms with Crippen molar-refractivity contribution in [3.8, 4) is 0 Å². The molecule has 1 saturated heterocycles. The molecular weight excluding hydrogens is 385 g/mol. The van der Waals surface area contributed by atoms with E-state index in [4.69, 9.17) is 5.73 Å². The van der Waals surface area contributed by atoms with Crippen LogP contribution in [0.1, 0.15) is 38.2 Å². The number of guanidine groups is 1. The van der Waals surface area contributed by atoms with Gasteiger partial charge in [0, 0.05) is 45.3 Å². The van der Waals surface area contributed by atoms with E-state index in [1.165, 1.54) is 6.07 Å². The van der Waals surface area contributed by atoms with E-state index >= 15 is 0 Å². The first-order chi connectivity index (χ1) is 13.8. The summed E-state index contributed by atoms with van der Waals surface area (Å²) in [6.45, 7) is 5.48. The third kappa shape index (κ3) is 7.78. The summed E-state index contributed by atoms with van der Waals surface area (Å²) in [6.07, 6.45) is -0.487. The molecule has 1 aliphatic heterocycles. The van der Waals surface area contributed by atoms with Crippen molar-refractivity contribution in [3.63, 3.8) is 0 Å². The summed E-state index contributed by atoms with van der Waals surface area (Å²) in [7, 11) is 0. The van der Waals surface area contributed by atoms with Crippen molar-refractivity contribution in [2.45, 2.75) is 38.8 Å². The maximum atomic E-state index is 12.5. The molecule has 1 aromatic rings. The van der Waals surface area contributed by atoms with Crippen LogP contribution in [0, 0.1) is 5.92 Å². The van der Waals surface area contributed by atoms with Crippen LogP contribution in [0.5, 0.6) is 0 Å². The molecule has 7 nitrogen and oxygen atoms in total. The molecule has 2 heterocycles. The number of piperidine rings is 1. The molecule has 1 amide bonds. The number of hydrogen-bond acceptors (Lipinski definition) is 4. The predicted octanol–water partition coefficient (Wildman–Crippen LogP) is 2.46. The van der Waals surface area contributed by atoms with Gasteiger partial charge < -0.3 is 21.3 Å². The summed E-state index contributed by atoms with van der Waals surface area (Å²) in [5, 5.41) is 6.28. The molecule has 0 saturated carbocycles.